The van der Waals surface area contributed by atoms with E-state index in [1.165, 1.54) is 0 Å². The molecule has 0 aromatic rings. The molecule has 0 saturated carbocycles. The van der Waals surface area contributed by atoms with Gasteiger partial charge < -0.3 is 19.9 Å². The average molecular weight is 286 g/mol. The summed E-state index contributed by atoms with van der Waals surface area (Å²) in [5, 5.41) is 12.4. The van der Waals surface area contributed by atoms with Crippen molar-refractivity contribution < 1.29 is 24.2 Å². The van der Waals surface area contributed by atoms with E-state index in [2.05, 4.69) is 5.32 Å². The number of carbonyl (C=O) groups excluding carboxylic acids is 2. The second-order valence-electron chi connectivity index (χ2n) is 5.80. The monoisotopic (exact) mass is 286 g/mol. The van der Waals surface area contributed by atoms with Crippen LogP contribution < -0.4 is 5.32 Å². The maximum atomic E-state index is 11.9. The Balaban J connectivity index is 1.72. The first-order valence-corrected chi connectivity index (χ1v) is 6.91. The number of ether oxygens (including phenoxy) is 2. The van der Waals surface area contributed by atoms with Gasteiger partial charge in [0.1, 0.15) is 5.54 Å². The van der Waals surface area contributed by atoms with Gasteiger partial charge in [0.15, 0.2) is 0 Å². The van der Waals surface area contributed by atoms with Crippen LogP contribution in [0.3, 0.4) is 0 Å². The summed E-state index contributed by atoms with van der Waals surface area (Å²) in [7, 11) is 0. The van der Waals surface area contributed by atoms with Crippen molar-refractivity contribution in [3.63, 3.8) is 0 Å². The van der Waals surface area contributed by atoms with E-state index in [9.17, 15) is 14.7 Å². The van der Waals surface area contributed by atoms with E-state index in [4.69, 9.17) is 9.47 Å². The molecule has 0 aromatic heterocycles. The lowest BCUT2D eigenvalue weighted by molar-refractivity contribution is -0.131. The highest BCUT2D eigenvalue weighted by atomic mass is 16.5. The van der Waals surface area contributed by atoms with Gasteiger partial charge in [-0.15, -0.1) is 0 Å². The van der Waals surface area contributed by atoms with Crippen LogP contribution >= 0.6 is 0 Å². The summed E-state index contributed by atoms with van der Waals surface area (Å²) in [5.74, 6) is -0.333. The summed E-state index contributed by atoms with van der Waals surface area (Å²) >= 11 is 0. The second-order valence-corrected chi connectivity index (χ2v) is 5.80. The number of aliphatic hydroxyl groups is 1. The second kappa shape index (κ2) is 6.07. The summed E-state index contributed by atoms with van der Waals surface area (Å²) in [6, 6.07) is -0.474. The van der Waals surface area contributed by atoms with E-state index >= 15 is 0 Å². The van der Waals surface area contributed by atoms with E-state index in [0.717, 1.165) is 24.3 Å². The number of rotatable bonds is 6. The van der Waals surface area contributed by atoms with Crippen LogP contribution in [0.2, 0.25) is 0 Å². The van der Waals surface area contributed by atoms with Crippen LogP contribution in [0.25, 0.3) is 0 Å². The normalized spacial score (nSPS) is 26.9. The molecule has 0 aliphatic carbocycles. The average Bonchev–Trinajstić information content (AvgIpc) is 2.93. The van der Waals surface area contributed by atoms with Crippen molar-refractivity contribution in [1.82, 2.24) is 10.2 Å². The molecule has 2 rings (SSSR count). The summed E-state index contributed by atoms with van der Waals surface area (Å²) in [6.07, 6.45) is 1.21. The molecule has 2 atom stereocenters. The zero-order chi connectivity index (χ0) is 14.8. The summed E-state index contributed by atoms with van der Waals surface area (Å²) < 4.78 is 10.8. The lowest BCUT2D eigenvalue weighted by atomic mass is 10.1. The Bertz CT molecular complexity index is 379. The number of hydrogen-bond donors (Lipinski definition) is 2. The Morgan fingerprint density at radius 2 is 2.30 bits per heavy atom. The number of hydrogen-bond acceptors (Lipinski definition) is 5. The molecule has 3 amide bonds. The van der Waals surface area contributed by atoms with Gasteiger partial charge in [0.25, 0.3) is 5.91 Å². The molecule has 20 heavy (non-hydrogen) atoms. The van der Waals surface area contributed by atoms with Gasteiger partial charge in [-0.3, -0.25) is 9.69 Å². The number of amides is 3. The Morgan fingerprint density at radius 1 is 1.55 bits per heavy atom. The Kier molecular flexibility index (Phi) is 4.62. The molecule has 2 unspecified atom stereocenters. The minimum atomic E-state index is -0.907. The van der Waals surface area contributed by atoms with Gasteiger partial charge in [-0.2, -0.15) is 0 Å². The summed E-state index contributed by atoms with van der Waals surface area (Å²) in [4.78, 5) is 24.6. The third kappa shape index (κ3) is 3.47. The van der Waals surface area contributed by atoms with Crippen molar-refractivity contribution in [3.05, 3.63) is 0 Å². The highest BCUT2D eigenvalue weighted by Gasteiger charge is 2.44. The summed E-state index contributed by atoms with van der Waals surface area (Å²) in [5.41, 5.74) is -0.907. The largest absolute Gasteiger partial charge is 0.389 e. The van der Waals surface area contributed by atoms with Crippen LogP contribution in [0.4, 0.5) is 4.79 Å². The highest BCUT2D eigenvalue weighted by Crippen LogP contribution is 2.17. The number of aliphatic hydroxyl groups excluding tert-OH is 1. The maximum Gasteiger partial charge on any atom is 0.325 e. The zero-order valence-corrected chi connectivity index (χ0v) is 11.9. The highest BCUT2D eigenvalue weighted by molar-refractivity contribution is 6.06. The van der Waals surface area contributed by atoms with Crippen molar-refractivity contribution in [3.8, 4) is 0 Å². The molecule has 2 N–H and O–H groups in total. The Hall–Kier alpha value is -1.18. The van der Waals surface area contributed by atoms with Crippen molar-refractivity contribution in [1.29, 1.82) is 0 Å². The maximum absolute atomic E-state index is 11.9. The van der Waals surface area contributed by atoms with E-state index < -0.39 is 17.7 Å². The van der Waals surface area contributed by atoms with Crippen LogP contribution in [0.1, 0.15) is 26.7 Å². The molecule has 2 heterocycles. The molecule has 2 fully saturated rings. The first kappa shape index (κ1) is 15.2. The number of nitrogens with zero attached hydrogens (tertiary/aromatic N) is 1. The fourth-order valence-electron chi connectivity index (χ4n) is 2.36. The van der Waals surface area contributed by atoms with Crippen LogP contribution in [0, 0.1) is 0 Å². The smallest absolute Gasteiger partial charge is 0.325 e. The molecular weight excluding hydrogens is 264 g/mol. The first-order chi connectivity index (χ1) is 9.40. The van der Waals surface area contributed by atoms with E-state index in [0.29, 0.717) is 6.61 Å². The predicted molar refractivity (Wildman–Crippen MR) is 70.1 cm³/mol. The molecule has 7 nitrogen and oxygen atoms in total. The molecular formula is C13H22N2O5. The number of nitrogens with one attached hydrogen (secondary N) is 1. The van der Waals surface area contributed by atoms with Crippen molar-refractivity contribution in [2.45, 2.75) is 44.4 Å². The SMILES string of the molecule is CC1(C)NC(=O)N(CC(O)COCC2CCCO2)C1=O. The molecule has 0 aromatic carbocycles. The van der Waals surface area contributed by atoms with Gasteiger partial charge in [-0.05, 0) is 26.7 Å². The minimum absolute atomic E-state index is 0.0559. The van der Waals surface area contributed by atoms with Crippen LogP contribution in [0.5, 0.6) is 0 Å². The molecule has 7 heteroatoms. The molecule has 0 spiro atoms. The first-order valence-electron chi connectivity index (χ1n) is 6.91. The molecule has 0 bridgehead atoms. The minimum Gasteiger partial charge on any atom is -0.389 e. The number of carbonyl (C=O) groups is 2. The lowest BCUT2D eigenvalue weighted by Gasteiger charge is -2.19. The quantitative estimate of drug-likeness (QED) is 0.664. The van der Waals surface area contributed by atoms with Crippen LogP contribution in [0.15, 0.2) is 0 Å². The Labute approximate surface area is 118 Å². The van der Waals surface area contributed by atoms with E-state index in [1.807, 2.05) is 0 Å². The standard InChI is InChI=1S/C13H22N2O5/c1-13(2)11(17)15(12(18)14-13)6-9(16)7-19-8-10-4-3-5-20-10/h9-10,16H,3-8H2,1-2H3,(H,14,18). The molecule has 114 valence electrons. The fourth-order valence-corrected chi connectivity index (χ4v) is 2.36. The van der Waals surface area contributed by atoms with Gasteiger partial charge in [0.2, 0.25) is 0 Å². The summed E-state index contributed by atoms with van der Waals surface area (Å²) in [6.45, 7) is 4.48. The fraction of sp³-hybridized carbons (Fsp3) is 0.846. The zero-order valence-electron chi connectivity index (χ0n) is 11.9. The molecule has 0 radical (unpaired) electrons. The number of urea groups is 1. The Morgan fingerprint density at radius 3 is 2.85 bits per heavy atom. The van der Waals surface area contributed by atoms with Gasteiger partial charge in [0.05, 0.1) is 32.0 Å². The van der Waals surface area contributed by atoms with Gasteiger partial charge in [-0.25, -0.2) is 4.79 Å². The molecule has 2 aliphatic rings. The van der Waals surface area contributed by atoms with Gasteiger partial charge in [0, 0.05) is 6.61 Å². The third-order valence-electron chi connectivity index (χ3n) is 3.48. The lowest BCUT2D eigenvalue weighted by Crippen LogP contribution is -2.42. The van der Waals surface area contributed by atoms with E-state index in [1.54, 1.807) is 13.8 Å². The number of β-amino-alcohol motifs (C(OH)–C–C–N with tert-alkyl or cyclic N) is 1. The molecule has 2 aliphatic heterocycles. The predicted octanol–water partition coefficient (Wildman–Crippen LogP) is -0.127. The van der Waals surface area contributed by atoms with Crippen molar-refractivity contribution in [2.24, 2.45) is 0 Å². The van der Waals surface area contributed by atoms with Crippen LogP contribution in [-0.2, 0) is 14.3 Å². The third-order valence-corrected chi connectivity index (χ3v) is 3.48. The topological polar surface area (TPSA) is 88.1 Å². The van der Waals surface area contributed by atoms with Crippen LogP contribution in [-0.4, -0.2) is 66.1 Å². The van der Waals surface area contributed by atoms with Gasteiger partial charge in [-0.1, -0.05) is 0 Å². The number of imide groups is 1. The van der Waals surface area contributed by atoms with Crippen molar-refractivity contribution >= 4 is 11.9 Å². The van der Waals surface area contributed by atoms with E-state index in [-0.39, 0.29) is 25.2 Å². The van der Waals surface area contributed by atoms with Gasteiger partial charge >= 0.3 is 6.03 Å². The molecule has 2 saturated heterocycles. The van der Waals surface area contributed by atoms with Crippen molar-refractivity contribution in [2.75, 3.05) is 26.4 Å².